The number of benzene rings is 1. The van der Waals surface area contributed by atoms with E-state index in [-0.39, 0.29) is 5.56 Å². The average molecular weight is 407 g/mol. The molecule has 3 aromatic heterocycles. The van der Waals surface area contributed by atoms with Crippen LogP contribution in [0.25, 0.3) is 27.8 Å². The minimum Gasteiger partial charge on any atom is -0.379 e. The fourth-order valence-corrected chi connectivity index (χ4v) is 4.37. The van der Waals surface area contributed by atoms with Gasteiger partial charge >= 0.3 is 0 Å². The number of thiophene rings is 1. The van der Waals surface area contributed by atoms with E-state index in [1.165, 1.54) is 0 Å². The summed E-state index contributed by atoms with van der Waals surface area (Å²) in [6, 6.07) is 12.0. The Balaban J connectivity index is 1.37. The Labute approximate surface area is 172 Å². The molecule has 29 heavy (non-hydrogen) atoms. The lowest BCUT2D eigenvalue weighted by molar-refractivity contribution is 0.0363. The highest BCUT2D eigenvalue weighted by molar-refractivity contribution is 7.08. The van der Waals surface area contributed by atoms with Crippen molar-refractivity contribution in [2.24, 2.45) is 0 Å². The fraction of sp³-hybridized carbons (Fsp3) is 0.273. The van der Waals surface area contributed by atoms with E-state index in [1.807, 2.05) is 24.7 Å². The first-order valence-corrected chi connectivity index (χ1v) is 10.7. The Morgan fingerprint density at radius 3 is 2.69 bits per heavy atom. The van der Waals surface area contributed by atoms with Crippen LogP contribution in [0.1, 0.15) is 0 Å². The first-order chi connectivity index (χ1) is 14.3. The van der Waals surface area contributed by atoms with E-state index < -0.39 is 0 Å². The maximum absolute atomic E-state index is 12.6. The highest BCUT2D eigenvalue weighted by Gasteiger charge is 2.11. The van der Waals surface area contributed by atoms with Gasteiger partial charge in [0.2, 0.25) is 0 Å². The Morgan fingerprint density at radius 2 is 1.90 bits per heavy atom. The number of aromatic nitrogens is 3. The minimum atomic E-state index is 0.0275. The number of imidazole rings is 1. The van der Waals surface area contributed by atoms with E-state index in [9.17, 15) is 4.79 Å². The monoisotopic (exact) mass is 406 g/mol. The van der Waals surface area contributed by atoms with E-state index in [1.54, 1.807) is 22.0 Å². The highest BCUT2D eigenvalue weighted by atomic mass is 32.1. The minimum absolute atomic E-state index is 0.0275. The Morgan fingerprint density at radius 1 is 1.03 bits per heavy atom. The van der Waals surface area contributed by atoms with E-state index in [0.717, 1.165) is 60.7 Å². The van der Waals surface area contributed by atoms with Crippen molar-refractivity contribution in [2.75, 3.05) is 32.8 Å². The first-order valence-electron chi connectivity index (χ1n) is 9.78. The molecule has 0 N–H and O–H groups in total. The zero-order valence-electron chi connectivity index (χ0n) is 16.0. The molecule has 1 aliphatic heterocycles. The number of hydrogen-bond acceptors (Lipinski definition) is 5. The van der Waals surface area contributed by atoms with E-state index >= 15 is 0 Å². The molecule has 1 saturated heterocycles. The molecule has 0 amide bonds. The predicted octanol–water partition coefficient (Wildman–Crippen LogP) is 3.25. The SMILES string of the molecule is O=c1cc(-c2ccc3c(c2)ncn3-c2ccsc2)ccn1CCN1CCOCC1. The quantitative estimate of drug-likeness (QED) is 0.511. The van der Waals surface area contributed by atoms with Crippen molar-refractivity contribution >= 4 is 22.4 Å². The summed E-state index contributed by atoms with van der Waals surface area (Å²) in [6.45, 7) is 4.99. The second kappa shape index (κ2) is 7.94. The molecule has 7 heteroatoms. The van der Waals surface area contributed by atoms with Crippen molar-refractivity contribution in [2.45, 2.75) is 6.54 Å². The molecule has 0 radical (unpaired) electrons. The molecule has 0 bridgehead atoms. The van der Waals surface area contributed by atoms with Crippen molar-refractivity contribution < 1.29 is 4.74 Å². The van der Waals surface area contributed by atoms with Crippen LogP contribution in [0.5, 0.6) is 0 Å². The van der Waals surface area contributed by atoms with Crippen molar-refractivity contribution in [3.63, 3.8) is 0 Å². The van der Waals surface area contributed by atoms with Crippen molar-refractivity contribution in [1.82, 2.24) is 19.0 Å². The molecule has 6 nitrogen and oxygen atoms in total. The number of hydrogen-bond donors (Lipinski definition) is 0. The maximum atomic E-state index is 12.6. The number of ether oxygens (including phenoxy) is 1. The summed E-state index contributed by atoms with van der Waals surface area (Å²) >= 11 is 1.67. The third kappa shape index (κ3) is 3.76. The van der Waals surface area contributed by atoms with Gasteiger partial charge in [0, 0.05) is 43.8 Å². The number of nitrogens with zero attached hydrogens (tertiary/aromatic N) is 4. The summed E-state index contributed by atoms with van der Waals surface area (Å²) in [4.78, 5) is 19.5. The summed E-state index contributed by atoms with van der Waals surface area (Å²) in [6.07, 6.45) is 3.74. The third-order valence-corrected chi connectivity index (χ3v) is 6.09. The highest BCUT2D eigenvalue weighted by Crippen LogP contribution is 2.25. The number of pyridine rings is 1. The van der Waals surface area contributed by atoms with Gasteiger partial charge in [-0.3, -0.25) is 14.3 Å². The van der Waals surface area contributed by atoms with E-state index in [0.29, 0.717) is 6.54 Å². The molecule has 0 spiro atoms. The van der Waals surface area contributed by atoms with E-state index in [2.05, 4.69) is 43.4 Å². The molecule has 0 saturated carbocycles. The largest absolute Gasteiger partial charge is 0.379 e. The van der Waals surface area contributed by atoms with Crippen LogP contribution in [-0.4, -0.2) is 51.9 Å². The standard InChI is InChI=1S/C22H22N4O2S/c27-22-14-18(3-5-25(22)7-6-24-8-10-28-11-9-24)17-1-2-21-20(13-17)23-16-26(21)19-4-12-29-15-19/h1-5,12-16H,6-11H2. The van der Waals surface area contributed by atoms with Crippen LogP contribution < -0.4 is 5.56 Å². The molecule has 0 unspecified atom stereocenters. The topological polar surface area (TPSA) is 52.3 Å². The predicted molar refractivity (Wildman–Crippen MR) is 116 cm³/mol. The Kier molecular flexibility index (Phi) is 5.01. The van der Waals surface area contributed by atoms with Crippen molar-refractivity contribution in [3.8, 4) is 16.8 Å². The molecule has 1 aliphatic rings. The van der Waals surface area contributed by atoms with Gasteiger partial charge in [-0.15, -0.1) is 0 Å². The summed E-state index contributed by atoms with van der Waals surface area (Å²) in [5.41, 5.74) is 5.05. The average Bonchev–Trinajstić information content (AvgIpc) is 3.42. The summed E-state index contributed by atoms with van der Waals surface area (Å²) < 4.78 is 9.24. The second-order valence-corrected chi connectivity index (χ2v) is 7.98. The fourth-order valence-electron chi connectivity index (χ4n) is 3.74. The van der Waals surface area contributed by atoms with Crippen LogP contribution in [0, 0.1) is 0 Å². The normalized spacial score (nSPS) is 15.2. The van der Waals surface area contributed by atoms with Gasteiger partial charge in [-0.1, -0.05) is 6.07 Å². The Bertz CT molecular complexity index is 1170. The van der Waals surface area contributed by atoms with Gasteiger partial charge in [-0.05, 0) is 40.8 Å². The Hall–Kier alpha value is -2.74. The summed E-state index contributed by atoms with van der Waals surface area (Å²) in [5.74, 6) is 0. The van der Waals surface area contributed by atoms with Crippen LogP contribution in [0.15, 0.2) is 64.5 Å². The maximum Gasteiger partial charge on any atom is 0.251 e. The summed E-state index contributed by atoms with van der Waals surface area (Å²) in [5, 5.41) is 4.16. The second-order valence-electron chi connectivity index (χ2n) is 7.20. The molecule has 4 heterocycles. The van der Waals surface area contributed by atoms with Gasteiger partial charge in [0.25, 0.3) is 5.56 Å². The number of fused-ring (bicyclic) bond motifs is 1. The van der Waals surface area contributed by atoms with Crippen molar-refractivity contribution in [1.29, 1.82) is 0 Å². The molecule has 0 atom stereocenters. The third-order valence-electron chi connectivity index (χ3n) is 5.42. The van der Waals surface area contributed by atoms with Gasteiger partial charge in [-0.2, -0.15) is 11.3 Å². The zero-order valence-corrected chi connectivity index (χ0v) is 16.8. The molecular formula is C22H22N4O2S. The molecule has 5 rings (SSSR count). The lowest BCUT2D eigenvalue weighted by atomic mass is 10.1. The zero-order chi connectivity index (χ0) is 19.6. The van der Waals surface area contributed by atoms with Crippen LogP contribution in [0.2, 0.25) is 0 Å². The summed E-state index contributed by atoms with van der Waals surface area (Å²) in [7, 11) is 0. The van der Waals surface area contributed by atoms with E-state index in [4.69, 9.17) is 4.74 Å². The molecule has 1 aromatic carbocycles. The van der Waals surface area contributed by atoms with Gasteiger partial charge in [0.05, 0.1) is 29.9 Å². The van der Waals surface area contributed by atoms with Gasteiger partial charge in [0.15, 0.2) is 0 Å². The van der Waals surface area contributed by atoms with Crippen LogP contribution >= 0.6 is 11.3 Å². The van der Waals surface area contributed by atoms with Crippen molar-refractivity contribution in [3.05, 3.63) is 70.0 Å². The molecule has 4 aromatic rings. The first kappa shape index (κ1) is 18.3. The van der Waals surface area contributed by atoms with Crippen LogP contribution in [-0.2, 0) is 11.3 Å². The molecular weight excluding hydrogens is 384 g/mol. The van der Waals surface area contributed by atoms with Gasteiger partial charge < -0.3 is 9.30 Å². The van der Waals surface area contributed by atoms with Gasteiger partial charge in [0.1, 0.15) is 6.33 Å². The lowest BCUT2D eigenvalue weighted by Crippen LogP contribution is -2.39. The molecule has 0 aliphatic carbocycles. The molecule has 148 valence electrons. The molecule has 1 fully saturated rings. The van der Waals surface area contributed by atoms with Crippen LogP contribution in [0.3, 0.4) is 0 Å². The number of rotatable bonds is 5. The smallest absolute Gasteiger partial charge is 0.251 e. The number of morpholine rings is 1. The van der Waals surface area contributed by atoms with Crippen LogP contribution in [0.4, 0.5) is 0 Å². The van der Waals surface area contributed by atoms with Gasteiger partial charge in [-0.25, -0.2) is 4.98 Å². The lowest BCUT2D eigenvalue weighted by Gasteiger charge is -2.26.